The van der Waals surface area contributed by atoms with Crippen molar-refractivity contribution in [2.45, 2.75) is 36.9 Å². The van der Waals surface area contributed by atoms with E-state index in [1.165, 1.54) is 18.2 Å². The number of carbonyl (C=O) groups excluding carboxylic acids is 1. The normalized spacial score (nSPS) is 29.2. The molecule has 2 aliphatic heterocycles. The fraction of sp³-hybridized carbons (Fsp3) is 0.364. The quantitative estimate of drug-likeness (QED) is 0.555. The molecule has 176 valence electrons. The Bertz CT molecular complexity index is 1010. The van der Waals surface area contributed by atoms with E-state index >= 15 is 0 Å². The number of carboxylic acids is 1. The van der Waals surface area contributed by atoms with Gasteiger partial charge in [0.25, 0.3) is 5.91 Å². The standard InChI is InChI=1S/C22H22Cl2N2O7/c23-13-7-6-12(8-14(13)24)21(29)26-17-19(30-10-16(27)28)18-15(32-20(17)25)9-31-22(33-18)11-4-2-1-3-5-11/h1-8,15,17-20,22H,9-10,25H2,(H,26,29)(H,27,28)/t15?,17?,18-,19+,20+,22?/m0/s1. The Morgan fingerprint density at radius 2 is 1.88 bits per heavy atom. The van der Waals surface area contributed by atoms with Gasteiger partial charge in [-0.25, -0.2) is 4.79 Å². The molecule has 0 aromatic heterocycles. The van der Waals surface area contributed by atoms with Crippen molar-refractivity contribution >= 4 is 35.1 Å². The summed E-state index contributed by atoms with van der Waals surface area (Å²) in [4.78, 5) is 24.1. The lowest BCUT2D eigenvalue weighted by atomic mass is 9.94. The largest absolute Gasteiger partial charge is 0.480 e. The van der Waals surface area contributed by atoms with Crippen molar-refractivity contribution < 1.29 is 33.6 Å². The van der Waals surface area contributed by atoms with E-state index in [0.717, 1.165) is 5.56 Å². The van der Waals surface area contributed by atoms with Gasteiger partial charge in [-0.15, -0.1) is 0 Å². The van der Waals surface area contributed by atoms with Crippen LogP contribution >= 0.6 is 23.2 Å². The lowest BCUT2D eigenvalue weighted by Gasteiger charge is -2.48. The second-order valence-electron chi connectivity index (χ2n) is 7.61. The zero-order valence-electron chi connectivity index (χ0n) is 17.2. The fourth-order valence-electron chi connectivity index (χ4n) is 3.82. The maximum absolute atomic E-state index is 12.9. The van der Waals surface area contributed by atoms with Crippen LogP contribution in [-0.2, 0) is 23.7 Å². The Morgan fingerprint density at radius 1 is 1.12 bits per heavy atom. The van der Waals surface area contributed by atoms with Gasteiger partial charge in [-0.2, -0.15) is 0 Å². The Morgan fingerprint density at radius 3 is 2.58 bits per heavy atom. The summed E-state index contributed by atoms with van der Waals surface area (Å²) in [5.74, 6) is -1.68. The van der Waals surface area contributed by atoms with Crippen LogP contribution in [0.15, 0.2) is 48.5 Å². The fourth-order valence-corrected chi connectivity index (χ4v) is 4.12. The summed E-state index contributed by atoms with van der Waals surface area (Å²) < 4.78 is 23.4. The van der Waals surface area contributed by atoms with Crippen molar-refractivity contribution in [2.24, 2.45) is 5.73 Å². The van der Waals surface area contributed by atoms with Gasteiger partial charge in [-0.1, -0.05) is 53.5 Å². The molecule has 2 heterocycles. The van der Waals surface area contributed by atoms with Gasteiger partial charge in [0, 0.05) is 11.1 Å². The molecule has 0 aliphatic carbocycles. The molecule has 0 bridgehead atoms. The number of rotatable bonds is 6. The highest BCUT2D eigenvalue weighted by molar-refractivity contribution is 6.42. The minimum absolute atomic E-state index is 0.151. The van der Waals surface area contributed by atoms with E-state index in [2.05, 4.69) is 5.32 Å². The Kier molecular flexibility index (Phi) is 7.50. The van der Waals surface area contributed by atoms with Gasteiger partial charge < -0.3 is 35.1 Å². The number of nitrogens with one attached hydrogen (secondary N) is 1. The van der Waals surface area contributed by atoms with Crippen LogP contribution in [0.25, 0.3) is 0 Å². The van der Waals surface area contributed by atoms with Gasteiger partial charge in [0.05, 0.1) is 22.7 Å². The highest BCUT2D eigenvalue weighted by Crippen LogP contribution is 2.34. The van der Waals surface area contributed by atoms with Gasteiger partial charge in [-0.3, -0.25) is 4.79 Å². The minimum Gasteiger partial charge on any atom is -0.480 e. The van der Waals surface area contributed by atoms with Crippen molar-refractivity contribution in [1.82, 2.24) is 5.32 Å². The van der Waals surface area contributed by atoms with Crippen molar-refractivity contribution in [3.63, 3.8) is 0 Å². The number of aliphatic carboxylic acids is 1. The molecule has 2 aromatic rings. The zero-order chi connectivity index (χ0) is 23.5. The van der Waals surface area contributed by atoms with Crippen LogP contribution in [0, 0.1) is 0 Å². The summed E-state index contributed by atoms with van der Waals surface area (Å²) in [5.41, 5.74) is 7.20. The van der Waals surface area contributed by atoms with Gasteiger partial charge in [0.2, 0.25) is 0 Å². The van der Waals surface area contributed by atoms with Crippen LogP contribution in [0.2, 0.25) is 10.0 Å². The first-order valence-electron chi connectivity index (χ1n) is 10.2. The monoisotopic (exact) mass is 496 g/mol. The Labute approximate surface area is 199 Å². The third kappa shape index (κ3) is 5.47. The molecule has 1 amide bonds. The second kappa shape index (κ2) is 10.4. The molecule has 11 heteroatoms. The smallest absolute Gasteiger partial charge is 0.329 e. The lowest BCUT2D eigenvalue weighted by Crippen LogP contribution is -2.69. The highest BCUT2D eigenvalue weighted by atomic mass is 35.5. The minimum atomic E-state index is -1.17. The van der Waals surface area contributed by atoms with E-state index in [1.54, 1.807) is 0 Å². The maximum atomic E-state index is 12.9. The van der Waals surface area contributed by atoms with E-state index in [-0.39, 0.29) is 17.2 Å². The maximum Gasteiger partial charge on any atom is 0.329 e. The highest BCUT2D eigenvalue weighted by Gasteiger charge is 2.50. The number of nitrogens with two attached hydrogens (primary N) is 1. The van der Waals surface area contributed by atoms with E-state index in [0.29, 0.717) is 5.02 Å². The van der Waals surface area contributed by atoms with E-state index < -0.39 is 55.4 Å². The van der Waals surface area contributed by atoms with Gasteiger partial charge in [0.1, 0.15) is 31.1 Å². The van der Waals surface area contributed by atoms with Crippen molar-refractivity contribution in [3.8, 4) is 0 Å². The molecule has 3 unspecified atom stereocenters. The van der Waals surface area contributed by atoms with Gasteiger partial charge in [0.15, 0.2) is 6.29 Å². The second-order valence-corrected chi connectivity index (χ2v) is 8.43. The molecule has 2 saturated heterocycles. The van der Waals surface area contributed by atoms with Crippen molar-refractivity contribution in [1.29, 1.82) is 0 Å². The molecule has 9 nitrogen and oxygen atoms in total. The first-order valence-corrected chi connectivity index (χ1v) is 10.9. The first-order chi connectivity index (χ1) is 15.8. The van der Waals surface area contributed by atoms with Crippen molar-refractivity contribution in [3.05, 3.63) is 69.7 Å². The van der Waals surface area contributed by atoms with Crippen LogP contribution in [0.3, 0.4) is 0 Å². The predicted molar refractivity (Wildman–Crippen MR) is 118 cm³/mol. The molecule has 2 aromatic carbocycles. The molecular weight excluding hydrogens is 475 g/mol. The molecular formula is C22H22Cl2N2O7. The lowest BCUT2D eigenvalue weighted by molar-refractivity contribution is -0.318. The molecule has 4 rings (SSSR count). The number of benzene rings is 2. The number of carbonyl (C=O) groups is 2. The third-order valence-electron chi connectivity index (χ3n) is 5.37. The van der Waals surface area contributed by atoms with Gasteiger partial charge >= 0.3 is 5.97 Å². The molecule has 0 saturated carbocycles. The average molecular weight is 497 g/mol. The number of carboxylic acid groups (broad SMARTS) is 1. The summed E-state index contributed by atoms with van der Waals surface area (Å²) in [7, 11) is 0. The summed E-state index contributed by atoms with van der Waals surface area (Å²) >= 11 is 12.0. The Hall–Kier alpha value is -2.24. The molecule has 0 radical (unpaired) electrons. The summed E-state index contributed by atoms with van der Waals surface area (Å²) in [5, 5.41) is 12.5. The number of amides is 1. The number of ether oxygens (including phenoxy) is 4. The van der Waals surface area contributed by atoms with Crippen LogP contribution in [0.4, 0.5) is 0 Å². The van der Waals surface area contributed by atoms with Crippen molar-refractivity contribution in [2.75, 3.05) is 13.2 Å². The summed E-state index contributed by atoms with van der Waals surface area (Å²) in [6, 6.07) is 12.8. The average Bonchev–Trinajstić information content (AvgIpc) is 2.80. The summed E-state index contributed by atoms with van der Waals surface area (Å²) in [6.45, 7) is -0.460. The molecule has 0 spiro atoms. The SMILES string of the molecule is N[C@@H]1OC2COC(c3ccccc3)O[C@@H]2[C@H](OCC(=O)O)C1NC(=O)c1ccc(Cl)c(Cl)c1. The van der Waals surface area contributed by atoms with Crippen LogP contribution < -0.4 is 11.1 Å². The number of hydrogen-bond acceptors (Lipinski definition) is 7. The topological polar surface area (TPSA) is 129 Å². The van der Waals surface area contributed by atoms with E-state index in [4.69, 9.17) is 47.9 Å². The van der Waals surface area contributed by atoms with Crippen LogP contribution in [0.1, 0.15) is 22.2 Å². The molecule has 33 heavy (non-hydrogen) atoms. The number of fused-ring (bicyclic) bond motifs is 1. The van der Waals surface area contributed by atoms with Crippen LogP contribution in [0.5, 0.6) is 0 Å². The van der Waals surface area contributed by atoms with E-state index in [9.17, 15) is 14.7 Å². The van der Waals surface area contributed by atoms with E-state index in [1.807, 2.05) is 30.3 Å². The number of hydrogen-bond donors (Lipinski definition) is 3. The zero-order valence-corrected chi connectivity index (χ0v) is 18.7. The first kappa shape index (κ1) is 23.9. The number of halogens is 2. The van der Waals surface area contributed by atoms with Crippen LogP contribution in [-0.4, -0.2) is 60.8 Å². The molecule has 4 N–H and O–H groups in total. The summed E-state index contributed by atoms with van der Waals surface area (Å²) in [6.07, 6.45) is -4.00. The molecule has 6 atom stereocenters. The Balaban J connectivity index is 1.57. The molecule has 2 fully saturated rings. The predicted octanol–water partition coefficient (Wildman–Crippen LogP) is 2.36. The molecule has 2 aliphatic rings. The van der Waals surface area contributed by atoms with Gasteiger partial charge in [-0.05, 0) is 18.2 Å². The third-order valence-corrected chi connectivity index (χ3v) is 6.11.